The number of benzene rings is 1. The Hall–Kier alpha value is -1.71. The van der Waals surface area contributed by atoms with Crippen LogP contribution >= 0.6 is 0 Å². The van der Waals surface area contributed by atoms with Gasteiger partial charge in [-0.1, -0.05) is 19.1 Å². The Labute approximate surface area is 108 Å². The normalized spacial score (nSPS) is 18.7. The van der Waals surface area contributed by atoms with E-state index in [4.69, 9.17) is 5.73 Å². The summed E-state index contributed by atoms with van der Waals surface area (Å²) in [4.78, 5) is 13.5. The smallest absolute Gasteiger partial charge is 0.220 e. The second-order valence-corrected chi connectivity index (χ2v) is 4.81. The molecular weight excluding hydrogens is 226 g/mol. The Morgan fingerprint density at radius 3 is 2.83 bits per heavy atom. The van der Waals surface area contributed by atoms with Gasteiger partial charge in [-0.2, -0.15) is 0 Å². The van der Waals surface area contributed by atoms with Crippen LogP contribution in [0.4, 0.5) is 11.4 Å². The summed E-state index contributed by atoms with van der Waals surface area (Å²) in [6.07, 6.45) is 2.63. The van der Waals surface area contributed by atoms with Crippen molar-refractivity contribution in [2.45, 2.75) is 32.2 Å². The van der Waals surface area contributed by atoms with Crippen LogP contribution in [-0.4, -0.2) is 25.0 Å². The molecule has 0 spiro atoms. The number of nitrogens with one attached hydrogen (secondary N) is 1. The molecule has 18 heavy (non-hydrogen) atoms. The van der Waals surface area contributed by atoms with Gasteiger partial charge in [-0.25, -0.2) is 0 Å². The summed E-state index contributed by atoms with van der Waals surface area (Å²) in [5.74, 6) is 0.164. The first-order valence-corrected chi connectivity index (χ1v) is 6.59. The van der Waals surface area contributed by atoms with Crippen LogP contribution in [0.15, 0.2) is 24.3 Å². The minimum absolute atomic E-state index is 0.164. The molecule has 4 nitrogen and oxygen atoms in total. The molecule has 1 aliphatic heterocycles. The molecule has 1 atom stereocenters. The van der Waals surface area contributed by atoms with E-state index in [1.54, 1.807) is 0 Å². The molecule has 98 valence electrons. The fourth-order valence-corrected chi connectivity index (χ4v) is 2.44. The fourth-order valence-electron chi connectivity index (χ4n) is 2.44. The average molecular weight is 247 g/mol. The number of nitrogens with two attached hydrogens (primary N) is 1. The molecule has 3 N–H and O–H groups in total. The zero-order valence-corrected chi connectivity index (χ0v) is 10.9. The second kappa shape index (κ2) is 5.76. The summed E-state index contributed by atoms with van der Waals surface area (Å²) in [6.45, 7) is 3.95. The standard InChI is InChI=1S/C14H21N3O/c1-2-9-17(10-11-7-8-14(18)16-11)13-6-4-3-5-12(13)15/h3-6,11H,2,7-10,15H2,1H3,(H,16,18). The van der Waals surface area contributed by atoms with Crippen molar-refractivity contribution >= 4 is 17.3 Å². The van der Waals surface area contributed by atoms with Crippen LogP contribution in [0.5, 0.6) is 0 Å². The summed E-state index contributed by atoms with van der Waals surface area (Å²) >= 11 is 0. The molecule has 1 aromatic carbocycles. The first-order valence-electron chi connectivity index (χ1n) is 6.59. The Morgan fingerprint density at radius 1 is 1.44 bits per heavy atom. The molecule has 1 amide bonds. The molecule has 0 aliphatic carbocycles. The lowest BCUT2D eigenvalue weighted by Crippen LogP contribution is -2.39. The lowest BCUT2D eigenvalue weighted by atomic mass is 10.1. The maximum atomic E-state index is 11.2. The van der Waals surface area contributed by atoms with Crippen molar-refractivity contribution in [2.24, 2.45) is 0 Å². The van der Waals surface area contributed by atoms with Crippen LogP contribution in [0.25, 0.3) is 0 Å². The molecule has 4 heteroatoms. The third-order valence-corrected chi connectivity index (χ3v) is 3.30. The number of anilines is 2. The zero-order chi connectivity index (χ0) is 13.0. The first-order chi connectivity index (χ1) is 8.70. The maximum absolute atomic E-state index is 11.2. The molecule has 1 fully saturated rings. The predicted molar refractivity (Wildman–Crippen MR) is 74.5 cm³/mol. The third kappa shape index (κ3) is 2.94. The SMILES string of the molecule is CCCN(CC1CCC(=O)N1)c1ccccc1N. The largest absolute Gasteiger partial charge is 0.397 e. The number of carbonyl (C=O) groups excluding carboxylic acids is 1. The highest BCUT2D eigenvalue weighted by molar-refractivity contribution is 5.78. The molecule has 0 radical (unpaired) electrons. The van der Waals surface area contributed by atoms with Crippen molar-refractivity contribution in [3.8, 4) is 0 Å². The number of hydrogen-bond acceptors (Lipinski definition) is 3. The number of carbonyl (C=O) groups is 1. The average Bonchev–Trinajstić information content (AvgIpc) is 2.75. The number of rotatable bonds is 5. The molecule has 0 aromatic heterocycles. The first kappa shape index (κ1) is 12.7. The fraction of sp³-hybridized carbons (Fsp3) is 0.500. The Balaban J connectivity index is 2.08. The van der Waals surface area contributed by atoms with Crippen LogP contribution in [0, 0.1) is 0 Å². The van der Waals surface area contributed by atoms with Gasteiger partial charge in [0.15, 0.2) is 0 Å². The molecule has 2 rings (SSSR count). The summed E-state index contributed by atoms with van der Waals surface area (Å²) in [7, 11) is 0. The highest BCUT2D eigenvalue weighted by Crippen LogP contribution is 2.23. The Kier molecular flexibility index (Phi) is 4.07. The highest BCUT2D eigenvalue weighted by Gasteiger charge is 2.23. The van der Waals surface area contributed by atoms with E-state index >= 15 is 0 Å². The van der Waals surface area contributed by atoms with Crippen LogP contribution in [0.1, 0.15) is 26.2 Å². The van der Waals surface area contributed by atoms with E-state index in [1.807, 2.05) is 24.3 Å². The number of nitrogens with zero attached hydrogens (tertiary/aromatic N) is 1. The van der Waals surface area contributed by atoms with Gasteiger partial charge in [-0.15, -0.1) is 0 Å². The lowest BCUT2D eigenvalue weighted by molar-refractivity contribution is -0.119. The van der Waals surface area contributed by atoms with Gasteiger partial charge >= 0.3 is 0 Å². The predicted octanol–water partition coefficient (Wildman–Crippen LogP) is 1.76. The van der Waals surface area contributed by atoms with Crippen LogP contribution < -0.4 is 16.0 Å². The van der Waals surface area contributed by atoms with Gasteiger partial charge in [0.1, 0.15) is 0 Å². The minimum Gasteiger partial charge on any atom is -0.397 e. The molecule has 1 heterocycles. The molecule has 0 saturated carbocycles. The monoisotopic (exact) mass is 247 g/mol. The molecular formula is C14H21N3O. The van der Waals surface area contributed by atoms with Crippen molar-refractivity contribution < 1.29 is 4.79 Å². The second-order valence-electron chi connectivity index (χ2n) is 4.81. The van der Waals surface area contributed by atoms with E-state index in [2.05, 4.69) is 17.1 Å². The summed E-state index contributed by atoms with van der Waals surface area (Å²) in [5.41, 5.74) is 7.90. The highest BCUT2D eigenvalue weighted by atomic mass is 16.1. The van der Waals surface area contributed by atoms with Gasteiger partial charge in [0.25, 0.3) is 0 Å². The van der Waals surface area contributed by atoms with E-state index in [9.17, 15) is 4.79 Å². The van der Waals surface area contributed by atoms with Crippen molar-refractivity contribution in [1.29, 1.82) is 0 Å². The van der Waals surface area contributed by atoms with E-state index in [1.165, 1.54) is 0 Å². The summed E-state index contributed by atoms with van der Waals surface area (Å²) in [5, 5.41) is 3.01. The van der Waals surface area contributed by atoms with Crippen molar-refractivity contribution in [2.75, 3.05) is 23.7 Å². The number of hydrogen-bond donors (Lipinski definition) is 2. The van der Waals surface area contributed by atoms with Crippen LogP contribution in [-0.2, 0) is 4.79 Å². The molecule has 0 bridgehead atoms. The lowest BCUT2D eigenvalue weighted by Gasteiger charge is -2.28. The Bertz CT molecular complexity index is 419. The summed E-state index contributed by atoms with van der Waals surface area (Å²) < 4.78 is 0. The molecule has 1 saturated heterocycles. The van der Waals surface area contributed by atoms with Gasteiger partial charge in [0.2, 0.25) is 5.91 Å². The van der Waals surface area contributed by atoms with E-state index in [0.29, 0.717) is 6.42 Å². The van der Waals surface area contributed by atoms with Crippen molar-refractivity contribution in [3.05, 3.63) is 24.3 Å². The molecule has 1 aromatic rings. The third-order valence-electron chi connectivity index (χ3n) is 3.30. The van der Waals surface area contributed by atoms with Gasteiger partial charge in [0, 0.05) is 25.6 Å². The maximum Gasteiger partial charge on any atom is 0.220 e. The van der Waals surface area contributed by atoms with Gasteiger partial charge in [-0.05, 0) is 25.0 Å². The molecule has 1 aliphatic rings. The summed E-state index contributed by atoms with van der Waals surface area (Å²) in [6, 6.07) is 8.16. The van der Waals surface area contributed by atoms with Crippen molar-refractivity contribution in [3.63, 3.8) is 0 Å². The van der Waals surface area contributed by atoms with Crippen LogP contribution in [0.2, 0.25) is 0 Å². The Morgan fingerprint density at radius 2 is 2.22 bits per heavy atom. The van der Waals surface area contributed by atoms with Crippen LogP contribution in [0.3, 0.4) is 0 Å². The minimum atomic E-state index is 0.164. The van der Waals surface area contributed by atoms with Crippen molar-refractivity contribution in [1.82, 2.24) is 5.32 Å². The number of amides is 1. The van der Waals surface area contributed by atoms with E-state index in [0.717, 1.165) is 37.3 Å². The van der Waals surface area contributed by atoms with Gasteiger partial charge < -0.3 is 16.0 Å². The number of nitrogen functional groups attached to an aromatic ring is 1. The molecule has 1 unspecified atom stereocenters. The van der Waals surface area contributed by atoms with E-state index in [-0.39, 0.29) is 11.9 Å². The zero-order valence-electron chi connectivity index (χ0n) is 10.9. The quantitative estimate of drug-likeness (QED) is 0.780. The number of para-hydroxylation sites is 2. The van der Waals surface area contributed by atoms with Gasteiger partial charge in [0.05, 0.1) is 11.4 Å². The van der Waals surface area contributed by atoms with E-state index < -0.39 is 0 Å². The topological polar surface area (TPSA) is 58.4 Å². The van der Waals surface area contributed by atoms with Gasteiger partial charge in [-0.3, -0.25) is 4.79 Å².